The van der Waals surface area contributed by atoms with E-state index in [1.807, 2.05) is 80.6 Å². The van der Waals surface area contributed by atoms with Crippen molar-refractivity contribution in [1.82, 2.24) is 10.2 Å². The molecule has 0 aromatic heterocycles. The molecular weight excluding hydrogens is 682 g/mol. The van der Waals surface area contributed by atoms with Gasteiger partial charge in [0.25, 0.3) is 10.0 Å². The van der Waals surface area contributed by atoms with Gasteiger partial charge in [0.15, 0.2) is 0 Å². The van der Waals surface area contributed by atoms with Crippen LogP contribution in [0.15, 0.2) is 138 Å². The zero-order valence-electron chi connectivity index (χ0n) is 28.7. The number of sulfonamides is 1. The van der Waals surface area contributed by atoms with E-state index in [-0.39, 0.29) is 29.5 Å². The van der Waals surface area contributed by atoms with E-state index >= 15 is 0 Å². The van der Waals surface area contributed by atoms with Crippen LogP contribution in [0, 0.1) is 6.92 Å². The van der Waals surface area contributed by atoms with Gasteiger partial charge < -0.3 is 15.0 Å². The van der Waals surface area contributed by atoms with Crippen LogP contribution in [0.5, 0.6) is 11.5 Å². The number of benzene rings is 5. The van der Waals surface area contributed by atoms with Crippen LogP contribution in [0.1, 0.15) is 36.5 Å². The summed E-state index contributed by atoms with van der Waals surface area (Å²) in [7, 11) is -4.25. The zero-order chi connectivity index (χ0) is 36.2. The SMILES string of the molecule is CCCCNC(=O)[C@@H](Cc1ccccc1)N(Cc1cccc(Cl)c1)C(=O)CN(c1ccc(Oc2ccccc2)cc1)S(=O)(=O)c1ccc(C)cc1. The van der Waals surface area contributed by atoms with Crippen LogP contribution < -0.4 is 14.4 Å². The van der Waals surface area contributed by atoms with E-state index in [4.69, 9.17) is 16.3 Å². The fourth-order valence-corrected chi connectivity index (χ4v) is 7.19. The van der Waals surface area contributed by atoms with Gasteiger partial charge in [-0.1, -0.05) is 103 Å². The first kappa shape index (κ1) is 37.1. The highest BCUT2D eigenvalue weighted by Crippen LogP contribution is 2.29. The lowest BCUT2D eigenvalue weighted by Crippen LogP contribution is -2.53. The molecule has 0 fully saturated rings. The molecule has 0 bridgehead atoms. The number of anilines is 1. The highest BCUT2D eigenvalue weighted by molar-refractivity contribution is 7.92. The van der Waals surface area contributed by atoms with Crippen molar-refractivity contribution in [3.05, 3.63) is 155 Å². The van der Waals surface area contributed by atoms with E-state index in [9.17, 15) is 18.0 Å². The van der Waals surface area contributed by atoms with Gasteiger partial charge in [-0.05, 0) is 85.1 Å². The van der Waals surface area contributed by atoms with Crippen LogP contribution in [-0.2, 0) is 32.6 Å². The van der Waals surface area contributed by atoms with Crippen molar-refractivity contribution < 1.29 is 22.7 Å². The van der Waals surface area contributed by atoms with Crippen molar-refractivity contribution in [3.8, 4) is 11.5 Å². The summed E-state index contributed by atoms with van der Waals surface area (Å²) < 4.78 is 35.8. The highest BCUT2D eigenvalue weighted by atomic mass is 35.5. The van der Waals surface area contributed by atoms with E-state index in [1.54, 1.807) is 54.6 Å². The van der Waals surface area contributed by atoms with Gasteiger partial charge in [-0.2, -0.15) is 0 Å². The molecule has 0 aliphatic carbocycles. The summed E-state index contributed by atoms with van der Waals surface area (Å²) in [5, 5.41) is 3.48. The molecule has 0 unspecified atom stereocenters. The second-order valence-corrected chi connectivity index (χ2v) is 14.5. The molecule has 5 rings (SSSR count). The normalized spacial score (nSPS) is 11.7. The lowest BCUT2D eigenvalue weighted by molar-refractivity contribution is -0.140. The molecule has 0 spiro atoms. The summed E-state index contributed by atoms with van der Waals surface area (Å²) in [6.07, 6.45) is 1.88. The van der Waals surface area contributed by atoms with Gasteiger partial charge >= 0.3 is 0 Å². The first-order chi connectivity index (χ1) is 24.6. The molecule has 0 aliphatic heterocycles. The molecule has 0 saturated carbocycles. The lowest BCUT2D eigenvalue weighted by atomic mass is 10.0. The average Bonchev–Trinajstić information content (AvgIpc) is 3.13. The maximum absolute atomic E-state index is 14.7. The number of unbranched alkanes of at least 4 members (excludes halogenated alkanes) is 1. The predicted octanol–water partition coefficient (Wildman–Crippen LogP) is 8.19. The number of nitrogens with zero attached hydrogens (tertiary/aromatic N) is 2. The minimum absolute atomic E-state index is 0.0281. The molecule has 0 radical (unpaired) electrons. The Morgan fingerprint density at radius 2 is 1.41 bits per heavy atom. The number of rotatable bonds is 16. The van der Waals surface area contributed by atoms with E-state index in [1.165, 1.54) is 17.0 Å². The van der Waals surface area contributed by atoms with Crippen LogP contribution in [-0.4, -0.2) is 44.3 Å². The van der Waals surface area contributed by atoms with E-state index in [0.717, 1.165) is 28.3 Å². The van der Waals surface area contributed by atoms with Crippen molar-refractivity contribution in [2.45, 2.75) is 50.6 Å². The molecule has 51 heavy (non-hydrogen) atoms. The topological polar surface area (TPSA) is 96.0 Å². The van der Waals surface area contributed by atoms with Crippen LogP contribution in [0.3, 0.4) is 0 Å². The van der Waals surface area contributed by atoms with Gasteiger partial charge in [0, 0.05) is 24.5 Å². The predicted molar refractivity (Wildman–Crippen MR) is 203 cm³/mol. The Balaban J connectivity index is 1.55. The molecule has 0 heterocycles. The molecule has 0 saturated heterocycles. The number of para-hydroxylation sites is 1. The van der Waals surface area contributed by atoms with Crippen molar-refractivity contribution in [2.75, 3.05) is 17.4 Å². The monoisotopic (exact) mass is 723 g/mol. The number of amides is 2. The lowest BCUT2D eigenvalue weighted by Gasteiger charge is -2.34. The number of hydrogen-bond donors (Lipinski definition) is 1. The third kappa shape index (κ3) is 10.2. The van der Waals surface area contributed by atoms with Gasteiger partial charge in [0.05, 0.1) is 10.6 Å². The molecular formula is C41H42ClN3O5S. The van der Waals surface area contributed by atoms with Crippen molar-refractivity contribution in [2.24, 2.45) is 0 Å². The number of carbonyl (C=O) groups excluding carboxylic acids is 2. The second kappa shape index (κ2) is 17.7. The highest BCUT2D eigenvalue weighted by Gasteiger charge is 2.34. The first-order valence-electron chi connectivity index (χ1n) is 16.9. The van der Waals surface area contributed by atoms with E-state index in [0.29, 0.717) is 28.6 Å². The molecule has 5 aromatic rings. The zero-order valence-corrected chi connectivity index (χ0v) is 30.3. The Hall–Kier alpha value is -5.12. The van der Waals surface area contributed by atoms with Gasteiger partial charge in [-0.25, -0.2) is 8.42 Å². The average molecular weight is 724 g/mol. The van der Waals surface area contributed by atoms with Crippen LogP contribution in [0.4, 0.5) is 5.69 Å². The third-order valence-electron chi connectivity index (χ3n) is 8.33. The molecule has 8 nitrogen and oxygen atoms in total. The molecule has 264 valence electrons. The van der Waals surface area contributed by atoms with Gasteiger partial charge in [-0.15, -0.1) is 0 Å². The fourth-order valence-electron chi connectivity index (χ4n) is 5.56. The maximum atomic E-state index is 14.7. The molecule has 2 amide bonds. The smallest absolute Gasteiger partial charge is 0.264 e. The van der Waals surface area contributed by atoms with Crippen LogP contribution >= 0.6 is 11.6 Å². The van der Waals surface area contributed by atoms with Crippen molar-refractivity contribution in [1.29, 1.82) is 0 Å². The maximum Gasteiger partial charge on any atom is 0.264 e. The van der Waals surface area contributed by atoms with Gasteiger partial charge in [0.1, 0.15) is 24.1 Å². The minimum atomic E-state index is -4.25. The number of carbonyl (C=O) groups is 2. The quantitative estimate of drug-likeness (QED) is 0.104. The summed E-state index contributed by atoms with van der Waals surface area (Å²) in [4.78, 5) is 30.1. The van der Waals surface area contributed by atoms with E-state index < -0.39 is 28.5 Å². The number of hydrogen-bond acceptors (Lipinski definition) is 5. The number of nitrogens with one attached hydrogen (secondary N) is 1. The molecule has 1 atom stereocenters. The standard InChI is InChI=1S/C41H42ClN3O5S/c1-3-4-26-43-41(47)39(28-32-12-7-5-8-13-32)44(29-33-14-11-15-34(42)27-33)40(46)30-45(51(48,49)38-24-18-31(2)19-25-38)35-20-22-37(23-21-35)50-36-16-9-6-10-17-36/h5-25,27,39H,3-4,26,28-30H2,1-2H3,(H,43,47)/t39-/m1/s1. The van der Waals surface area contributed by atoms with Crippen molar-refractivity contribution >= 4 is 39.1 Å². The first-order valence-corrected chi connectivity index (χ1v) is 18.7. The van der Waals surface area contributed by atoms with E-state index in [2.05, 4.69) is 5.32 Å². The summed E-state index contributed by atoms with van der Waals surface area (Å²) in [5.41, 5.74) is 2.71. The van der Waals surface area contributed by atoms with Gasteiger partial charge in [0.2, 0.25) is 11.8 Å². The Kier molecular flexibility index (Phi) is 12.9. The Bertz CT molecular complexity index is 1990. The Morgan fingerprint density at radius 3 is 2.06 bits per heavy atom. The Labute approximate surface area is 305 Å². The molecule has 0 aliphatic rings. The molecule has 1 N–H and O–H groups in total. The third-order valence-corrected chi connectivity index (χ3v) is 10.4. The largest absolute Gasteiger partial charge is 0.457 e. The van der Waals surface area contributed by atoms with Gasteiger partial charge in [-0.3, -0.25) is 13.9 Å². The summed E-state index contributed by atoms with van der Waals surface area (Å²) >= 11 is 6.35. The fraction of sp³-hybridized carbons (Fsp3) is 0.220. The van der Waals surface area contributed by atoms with Crippen LogP contribution in [0.2, 0.25) is 5.02 Å². The van der Waals surface area contributed by atoms with Crippen molar-refractivity contribution in [3.63, 3.8) is 0 Å². The second-order valence-electron chi connectivity index (χ2n) is 12.2. The summed E-state index contributed by atoms with van der Waals surface area (Å²) in [6, 6.07) is 37.8. The minimum Gasteiger partial charge on any atom is -0.457 e. The Morgan fingerprint density at radius 1 is 0.784 bits per heavy atom. The molecule has 5 aromatic carbocycles. The number of ether oxygens (including phenoxy) is 1. The summed E-state index contributed by atoms with van der Waals surface area (Å²) in [5.74, 6) is 0.251. The number of halogens is 1. The van der Waals surface area contributed by atoms with Crippen LogP contribution in [0.25, 0.3) is 0 Å². The number of aryl methyl sites for hydroxylation is 1. The molecule has 10 heteroatoms. The summed E-state index contributed by atoms with van der Waals surface area (Å²) in [6.45, 7) is 3.82.